The molecule has 0 atom stereocenters. The summed E-state index contributed by atoms with van der Waals surface area (Å²) in [6.45, 7) is 1.97. The molecule has 19 heavy (non-hydrogen) atoms. The van der Waals surface area contributed by atoms with Crippen LogP contribution in [0, 0.1) is 24.1 Å². The Kier molecular flexibility index (Phi) is 3.68. The second-order valence-corrected chi connectivity index (χ2v) is 4.53. The van der Waals surface area contributed by atoms with Crippen LogP contribution in [0.4, 0.5) is 4.39 Å². The number of hydrogen-bond acceptors (Lipinski definition) is 2. The van der Waals surface area contributed by atoms with Crippen molar-refractivity contribution in [3.63, 3.8) is 0 Å². The van der Waals surface area contributed by atoms with Gasteiger partial charge in [-0.25, -0.2) is 4.39 Å². The van der Waals surface area contributed by atoms with Crippen molar-refractivity contribution in [1.29, 1.82) is 5.26 Å². The van der Waals surface area contributed by atoms with E-state index in [4.69, 9.17) is 16.9 Å². The van der Waals surface area contributed by atoms with Gasteiger partial charge >= 0.3 is 0 Å². The van der Waals surface area contributed by atoms with Gasteiger partial charge < -0.3 is 4.57 Å². The number of benzene rings is 1. The SMILES string of the molecule is Cc1ccc(C#N)c(=O)n1Cc1ccc(F)cc1Cl. The van der Waals surface area contributed by atoms with E-state index in [0.29, 0.717) is 11.3 Å². The van der Waals surface area contributed by atoms with E-state index in [0.717, 1.165) is 0 Å². The lowest BCUT2D eigenvalue weighted by Crippen LogP contribution is -2.25. The fourth-order valence-corrected chi connectivity index (χ4v) is 2.00. The van der Waals surface area contributed by atoms with E-state index in [1.807, 2.05) is 6.07 Å². The molecule has 1 heterocycles. The Balaban J connectivity index is 2.50. The Morgan fingerprint density at radius 2 is 2.11 bits per heavy atom. The number of nitriles is 1. The first-order valence-electron chi connectivity index (χ1n) is 5.57. The number of aryl methyl sites for hydroxylation is 1. The number of halogens is 2. The van der Waals surface area contributed by atoms with Gasteiger partial charge in [-0.1, -0.05) is 17.7 Å². The molecule has 96 valence electrons. The third kappa shape index (κ3) is 2.67. The van der Waals surface area contributed by atoms with Crippen molar-refractivity contribution in [2.45, 2.75) is 13.5 Å². The number of aromatic nitrogens is 1. The summed E-state index contributed by atoms with van der Waals surface area (Å²) >= 11 is 5.94. The van der Waals surface area contributed by atoms with Crippen LogP contribution in [0.5, 0.6) is 0 Å². The molecule has 1 aromatic heterocycles. The highest BCUT2D eigenvalue weighted by molar-refractivity contribution is 6.31. The Morgan fingerprint density at radius 1 is 1.37 bits per heavy atom. The van der Waals surface area contributed by atoms with Crippen LogP contribution in [0.1, 0.15) is 16.8 Å². The first-order valence-corrected chi connectivity index (χ1v) is 5.95. The van der Waals surface area contributed by atoms with Gasteiger partial charge in [-0.3, -0.25) is 4.79 Å². The lowest BCUT2D eigenvalue weighted by atomic mass is 10.2. The quantitative estimate of drug-likeness (QED) is 0.847. The summed E-state index contributed by atoms with van der Waals surface area (Å²) in [5, 5.41) is 9.11. The highest BCUT2D eigenvalue weighted by atomic mass is 35.5. The molecule has 0 N–H and O–H groups in total. The molecule has 0 aliphatic carbocycles. The minimum atomic E-state index is -0.427. The highest BCUT2D eigenvalue weighted by Gasteiger charge is 2.09. The smallest absolute Gasteiger partial charge is 0.268 e. The average Bonchev–Trinajstić information content (AvgIpc) is 2.37. The van der Waals surface area contributed by atoms with Crippen LogP contribution in [-0.2, 0) is 6.54 Å². The second-order valence-electron chi connectivity index (χ2n) is 4.13. The topological polar surface area (TPSA) is 45.8 Å². The van der Waals surface area contributed by atoms with Gasteiger partial charge in [-0.15, -0.1) is 0 Å². The van der Waals surface area contributed by atoms with Gasteiger partial charge in [0.15, 0.2) is 0 Å². The maximum absolute atomic E-state index is 13.0. The summed E-state index contributed by atoms with van der Waals surface area (Å²) in [6, 6.07) is 9.04. The van der Waals surface area contributed by atoms with E-state index < -0.39 is 5.82 Å². The van der Waals surface area contributed by atoms with Crippen LogP contribution in [0.2, 0.25) is 5.02 Å². The van der Waals surface area contributed by atoms with Gasteiger partial charge in [0.05, 0.1) is 6.54 Å². The van der Waals surface area contributed by atoms with E-state index in [9.17, 15) is 9.18 Å². The Bertz CT molecular complexity index is 731. The zero-order chi connectivity index (χ0) is 14.0. The minimum Gasteiger partial charge on any atom is -0.307 e. The second kappa shape index (κ2) is 5.25. The summed E-state index contributed by atoms with van der Waals surface area (Å²) < 4.78 is 14.4. The molecule has 0 aliphatic rings. The number of pyridine rings is 1. The normalized spacial score (nSPS) is 10.2. The van der Waals surface area contributed by atoms with Crippen LogP contribution in [0.15, 0.2) is 35.1 Å². The van der Waals surface area contributed by atoms with Crippen molar-refractivity contribution in [2.75, 3.05) is 0 Å². The molecule has 0 saturated heterocycles. The number of hydrogen-bond donors (Lipinski definition) is 0. The Labute approximate surface area is 114 Å². The van der Waals surface area contributed by atoms with E-state index in [1.165, 1.54) is 28.8 Å². The molecule has 0 bridgehead atoms. The molecule has 0 saturated carbocycles. The maximum Gasteiger partial charge on any atom is 0.268 e. The Morgan fingerprint density at radius 3 is 2.74 bits per heavy atom. The summed E-state index contributed by atoms with van der Waals surface area (Å²) in [5.74, 6) is -0.427. The minimum absolute atomic E-state index is 0.0730. The van der Waals surface area contributed by atoms with Crippen molar-refractivity contribution in [1.82, 2.24) is 4.57 Å². The van der Waals surface area contributed by atoms with E-state index in [1.54, 1.807) is 13.0 Å². The predicted octanol–water partition coefficient (Wildman–Crippen LogP) is 2.87. The molecule has 5 heteroatoms. The molecule has 0 unspecified atom stereocenters. The summed E-state index contributed by atoms with van der Waals surface area (Å²) in [5.41, 5.74) is 1.04. The molecule has 0 spiro atoms. The average molecular weight is 277 g/mol. The van der Waals surface area contributed by atoms with Crippen molar-refractivity contribution >= 4 is 11.6 Å². The van der Waals surface area contributed by atoms with E-state index in [2.05, 4.69) is 0 Å². The summed E-state index contributed by atoms with van der Waals surface area (Å²) in [6.07, 6.45) is 0. The molecule has 1 aromatic carbocycles. The zero-order valence-electron chi connectivity index (χ0n) is 10.2. The van der Waals surface area contributed by atoms with E-state index in [-0.39, 0.29) is 22.7 Å². The van der Waals surface area contributed by atoms with Gasteiger partial charge in [-0.05, 0) is 36.8 Å². The highest BCUT2D eigenvalue weighted by Crippen LogP contribution is 2.18. The zero-order valence-corrected chi connectivity index (χ0v) is 10.9. The predicted molar refractivity (Wildman–Crippen MR) is 70.7 cm³/mol. The lowest BCUT2D eigenvalue weighted by molar-refractivity contribution is 0.625. The molecule has 3 nitrogen and oxygen atoms in total. The third-order valence-electron chi connectivity index (χ3n) is 2.86. The monoisotopic (exact) mass is 276 g/mol. The summed E-state index contributed by atoms with van der Waals surface area (Å²) in [4.78, 5) is 12.0. The van der Waals surface area contributed by atoms with Crippen LogP contribution >= 0.6 is 11.6 Å². The number of rotatable bonds is 2. The molecule has 0 radical (unpaired) electrons. The fourth-order valence-electron chi connectivity index (χ4n) is 1.77. The molecule has 0 amide bonds. The summed E-state index contributed by atoms with van der Waals surface area (Å²) in [7, 11) is 0. The molecule has 2 aromatic rings. The molecule has 2 rings (SSSR count). The standard InChI is InChI=1S/C14H10ClFN2O/c1-9-2-3-10(7-17)14(19)18(9)8-11-4-5-12(16)6-13(11)15/h2-6H,8H2,1H3. The van der Waals surface area contributed by atoms with Crippen LogP contribution in [0.25, 0.3) is 0 Å². The van der Waals surface area contributed by atoms with Gasteiger partial charge in [0.2, 0.25) is 0 Å². The maximum atomic E-state index is 13.0. The van der Waals surface area contributed by atoms with Crippen LogP contribution < -0.4 is 5.56 Å². The molecule has 0 aliphatic heterocycles. The Hall–Kier alpha value is -2.12. The molecular weight excluding hydrogens is 267 g/mol. The molecule has 0 fully saturated rings. The van der Waals surface area contributed by atoms with Crippen LogP contribution in [-0.4, -0.2) is 4.57 Å². The third-order valence-corrected chi connectivity index (χ3v) is 3.21. The first kappa shape index (κ1) is 13.3. The first-order chi connectivity index (χ1) is 9.02. The fraction of sp³-hybridized carbons (Fsp3) is 0.143. The van der Waals surface area contributed by atoms with Crippen molar-refractivity contribution in [3.8, 4) is 6.07 Å². The van der Waals surface area contributed by atoms with Crippen LogP contribution in [0.3, 0.4) is 0 Å². The number of nitrogens with zero attached hydrogens (tertiary/aromatic N) is 2. The largest absolute Gasteiger partial charge is 0.307 e. The van der Waals surface area contributed by atoms with Gasteiger partial charge in [0, 0.05) is 10.7 Å². The molecular formula is C14H10ClFN2O. The van der Waals surface area contributed by atoms with E-state index >= 15 is 0 Å². The van der Waals surface area contributed by atoms with Gasteiger partial charge in [-0.2, -0.15) is 5.26 Å². The van der Waals surface area contributed by atoms with Gasteiger partial charge in [0.1, 0.15) is 17.4 Å². The lowest BCUT2D eigenvalue weighted by Gasteiger charge is -2.11. The van der Waals surface area contributed by atoms with Crippen molar-refractivity contribution in [3.05, 3.63) is 68.3 Å². The van der Waals surface area contributed by atoms with Crippen molar-refractivity contribution in [2.24, 2.45) is 0 Å². The van der Waals surface area contributed by atoms with Crippen molar-refractivity contribution < 1.29 is 4.39 Å². The van der Waals surface area contributed by atoms with Gasteiger partial charge in [0.25, 0.3) is 5.56 Å².